The van der Waals surface area contributed by atoms with Gasteiger partial charge in [-0.3, -0.25) is 4.79 Å². The van der Waals surface area contributed by atoms with Crippen molar-refractivity contribution in [2.75, 3.05) is 10.6 Å². The second-order valence-corrected chi connectivity index (χ2v) is 4.78. The molecule has 1 amide bonds. The van der Waals surface area contributed by atoms with E-state index in [1.54, 1.807) is 19.1 Å². The Bertz CT molecular complexity index is 604. The summed E-state index contributed by atoms with van der Waals surface area (Å²) in [5.41, 5.74) is 0.894. The van der Waals surface area contributed by atoms with Crippen LogP contribution in [-0.4, -0.2) is 11.9 Å². The van der Waals surface area contributed by atoms with E-state index in [1.807, 2.05) is 18.2 Å². The molecule has 0 bridgehead atoms. The largest absolute Gasteiger partial charge is 0.371 e. The molecule has 0 spiro atoms. The Hall–Kier alpha value is -2.07. The molecule has 2 aromatic carbocycles. The zero-order valence-electron chi connectivity index (χ0n) is 10.9. The number of benzene rings is 2. The van der Waals surface area contributed by atoms with Crippen molar-refractivity contribution < 1.29 is 9.18 Å². The van der Waals surface area contributed by atoms with Crippen LogP contribution in [0, 0.1) is 5.82 Å². The Kier molecular flexibility index (Phi) is 4.58. The molecule has 104 valence electrons. The van der Waals surface area contributed by atoms with Crippen molar-refractivity contribution in [1.29, 1.82) is 0 Å². The van der Waals surface area contributed by atoms with Gasteiger partial charge in [0, 0.05) is 10.7 Å². The molecular formula is C15H14ClFN2O. The number of halogens is 2. The molecule has 0 saturated carbocycles. The first kappa shape index (κ1) is 14.3. The molecule has 0 fully saturated rings. The third kappa shape index (κ3) is 3.71. The zero-order chi connectivity index (χ0) is 14.5. The molecule has 0 heterocycles. The third-order valence-electron chi connectivity index (χ3n) is 2.74. The van der Waals surface area contributed by atoms with Crippen LogP contribution in [0.15, 0.2) is 48.5 Å². The molecule has 0 radical (unpaired) electrons. The summed E-state index contributed by atoms with van der Waals surface area (Å²) >= 11 is 5.80. The Morgan fingerprint density at radius 3 is 2.60 bits per heavy atom. The summed E-state index contributed by atoms with van der Waals surface area (Å²) in [4.78, 5) is 12.0. The monoisotopic (exact) mass is 292 g/mol. The van der Waals surface area contributed by atoms with E-state index in [4.69, 9.17) is 11.6 Å². The van der Waals surface area contributed by atoms with Gasteiger partial charge in [-0.2, -0.15) is 0 Å². The first-order valence-corrected chi connectivity index (χ1v) is 6.51. The van der Waals surface area contributed by atoms with E-state index >= 15 is 0 Å². The molecular weight excluding hydrogens is 279 g/mol. The van der Waals surface area contributed by atoms with Crippen LogP contribution >= 0.6 is 11.6 Å². The summed E-state index contributed by atoms with van der Waals surface area (Å²) in [6.45, 7) is 1.65. The van der Waals surface area contributed by atoms with Gasteiger partial charge in [-0.05, 0) is 37.3 Å². The smallest absolute Gasteiger partial charge is 0.246 e. The standard InChI is InChI=1S/C15H14ClFN2O/c1-10(15(20)19-12-5-3-2-4-6-12)18-14-9-11(16)7-8-13(14)17/h2-10,18H,1H3,(H,19,20). The van der Waals surface area contributed by atoms with Crippen LogP contribution in [0.25, 0.3) is 0 Å². The van der Waals surface area contributed by atoms with Crippen molar-refractivity contribution in [3.63, 3.8) is 0 Å². The molecule has 2 rings (SSSR count). The first-order valence-electron chi connectivity index (χ1n) is 6.14. The number of para-hydroxylation sites is 1. The molecule has 1 unspecified atom stereocenters. The van der Waals surface area contributed by atoms with Crippen molar-refractivity contribution in [2.45, 2.75) is 13.0 Å². The van der Waals surface area contributed by atoms with E-state index in [-0.39, 0.29) is 11.6 Å². The van der Waals surface area contributed by atoms with Crippen LogP contribution in [0.1, 0.15) is 6.92 Å². The molecule has 0 aliphatic heterocycles. The van der Waals surface area contributed by atoms with Gasteiger partial charge in [0.1, 0.15) is 11.9 Å². The van der Waals surface area contributed by atoms with Crippen molar-refractivity contribution in [3.8, 4) is 0 Å². The van der Waals surface area contributed by atoms with Crippen LogP contribution in [0.5, 0.6) is 0 Å². The fraction of sp³-hybridized carbons (Fsp3) is 0.133. The molecule has 20 heavy (non-hydrogen) atoms. The number of carbonyl (C=O) groups excluding carboxylic acids is 1. The summed E-state index contributed by atoms with van der Waals surface area (Å²) in [7, 11) is 0. The molecule has 0 aromatic heterocycles. The van der Waals surface area contributed by atoms with Gasteiger partial charge >= 0.3 is 0 Å². The lowest BCUT2D eigenvalue weighted by Gasteiger charge is -2.16. The molecule has 1 atom stereocenters. The average molecular weight is 293 g/mol. The molecule has 0 aliphatic carbocycles. The Morgan fingerprint density at radius 1 is 1.20 bits per heavy atom. The number of amides is 1. The summed E-state index contributed by atoms with van der Waals surface area (Å²) in [5, 5.41) is 5.95. The highest BCUT2D eigenvalue weighted by atomic mass is 35.5. The van der Waals surface area contributed by atoms with E-state index in [0.29, 0.717) is 10.7 Å². The SMILES string of the molecule is CC(Nc1cc(Cl)ccc1F)C(=O)Nc1ccccc1. The van der Waals surface area contributed by atoms with Crippen LogP contribution < -0.4 is 10.6 Å². The van der Waals surface area contributed by atoms with Gasteiger partial charge in [0.2, 0.25) is 5.91 Å². The minimum absolute atomic E-state index is 0.202. The third-order valence-corrected chi connectivity index (χ3v) is 2.97. The number of nitrogens with one attached hydrogen (secondary N) is 2. The lowest BCUT2D eigenvalue weighted by atomic mass is 10.2. The quantitative estimate of drug-likeness (QED) is 0.897. The predicted octanol–water partition coefficient (Wildman–Crippen LogP) is 3.92. The van der Waals surface area contributed by atoms with Crippen molar-refractivity contribution in [1.82, 2.24) is 0 Å². The maximum absolute atomic E-state index is 13.6. The molecule has 5 heteroatoms. The fourth-order valence-corrected chi connectivity index (χ4v) is 1.85. The minimum atomic E-state index is -0.594. The van der Waals surface area contributed by atoms with Crippen LogP contribution in [0.3, 0.4) is 0 Å². The van der Waals surface area contributed by atoms with Gasteiger partial charge < -0.3 is 10.6 Å². The van der Waals surface area contributed by atoms with E-state index < -0.39 is 11.9 Å². The number of hydrogen-bond donors (Lipinski definition) is 2. The highest BCUT2D eigenvalue weighted by Crippen LogP contribution is 2.20. The highest BCUT2D eigenvalue weighted by Gasteiger charge is 2.14. The van der Waals surface area contributed by atoms with Crippen molar-refractivity contribution in [3.05, 3.63) is 59.4 Å². The normalized spacial score (nSPS) is 11.8. The lowest BCUT2D eigenvalue weighted by Crippen LogP contribution is -2.32. The summed E-state index contributed by atoms with van der Waals surface area (Å²) in [6, 6.07) is 12.6. The van der Waals surface area contributed by atoms with Crippen LogP contribution in [-0.2, 0) is 4.79 Å². The molecule has 0 saturated heterocycles. The number of carbonyl (C=O) groups is 1. The van der Waals surface area contributed by atoms with E-state index in [0.717, 1.165) is 0 Å². The van der Waals surface area contributed by atoms with Gasteiger partial charge in [-0.15, -0.1) is 0 Å². The summed E-state index contributed by atoms with van der Waals surface area (Å²) in [5.74, 6) is -0.704. The number of anilines is 2. The summed E-state index contributed by atoms with van der Waals surface area (Å²) in [6.07, 6.45) is 0. The maximum Gasteiger partial charge on any atom is 0.246 e. The van der Waals surface area contributed by atoms with Crippen LogP contribution in [0.4, 0.5) is 15.8 Å². The van der Waals surface area contributed by atoms with Gasteiger partial charge in [0.15, 0.2) is 0 Å². The molecule has 0 aliphatic rings. The topological polar surface area (TPSA) is 41.1 Å². The fourth-order valence-electron chi connectivity index (χ4n) is 1.68. The summed E-state index contributed by atoms with van der Waals surface area (Å²) < 4.78 is 13.6. The van der Waals surface area contributed by atoms with Gasteiger partial charge in [-0.1, -0.05) is 29.8 Å². The first-order chi connectivity index (χ1) is 9.56. The highest BCUT2D eigenvalue weighted by molar-refractivity contribution is 6.30. The zero-order valence-corrected chi connectivity index (χ0v) is 11.6. The van der Waals surface area contributed by atoms with E-state index in [2.05, 4.69) is 10.6 Å². The van der Waals surface area contributed by atoms with Crippen molar-refractivity contribution >= 4 is 28.9 Å². The molecule has 2 N–H and O–H groups in total. The maximum atomic E-state index is 13.6. The second kappa shape index (κ2) is 6.39. The molecule has 2 aromatic rings. The van der Waals surface area contributed by atoms with Crippen molar-refractivity contribution in [2.24, 2.45) is 0 Å². The Balaban J connectivity index is 2.02. The Morgan fingerprint density at radius 2 is 1.90 bits per heavy atom. The van der Waals surface area contributed by atoms with Gasteiger partial charge in [0.05, 0.1) is 5.69 Å². The number of rotatable bonds is 4. The van der Waals surface area contributed by atoms with Crippen LogP contribution in [0.2, 0.25) is 5.02 Å². The van der Waals surface area contributed by atoms with Gasteiger partial charge in [-0.25, -0.2) is 4.39 Å². The minimum Gasteiger partial charge on any atom is -0.371 e. The lowest BCUT2D eigenvalue weighted by molar-refractivity contribution is -0.116. The van der Waals surface area contributed by atoms with E-state index in [9.17, 15) is 9.18 Å². The second-order valence-electron chi connectivity index (χ2n) is 4.35. The average Bonchev–Trinajstić information content (AvgIpc) is 2.44. The Labute approximate surface area is 121 Å². The van der Waals surface area contributed by atoms with Gasteiger partial charge in [0.25, 0.3) is 0 Å². The van der Waals surface area contributed by atoms with E-state index in [1.165, 1.54) is 18.2 Å². The molecule has 3 nitrogen and oxygen atoms in total. The number of hydrogen-bond acceptors (Lipinski definition) is 2. The predicted molar refractivity (Wildman–Crippen MR) is 79.6 cm³/mol.